The van der Waals surface area contributed by atoms with Crippen LogP contribution in [0.4, 0.5) is 0 Å². The van der Waals surface area contributed by atoms with Crippen LogP contribution in [0.2, 0.25) is 0 Å². The molecule has 0 bridgehead atoms. The first kappa shape index (κ1) is 13.3. The van der Waals surface area contributed by atoms with Crippen LogP contribution in [0.25, 0.3) is 0 Å². The van der Waals surface area contributed by atoms with Gasteiger partial charge in [0.25, 0.3) is 5.91 Å². The van der Waals surface area contributed by atoms with Crippen LogP contribution in [-0.2, 0) is 0 Å². The molecule has 3 nitrogen and oxygen atoms in total. The molecule has 104 valence electrons. The highest BCUT2D eigenvalue weighted by Crippen LogP contribution is 2.34. The van der Waals surface area contributed by atoms with Gasteiger partial charge in [-0.25, -0.2) is 4.98 Å². The van der Waals surface area contributed by atoms with E-state index in [9.17, 15) is 4.79 Å². The zero-order valence-corrected chi connectivity index (χ0v) is 12.6. The van der Waals surface area contributed by atoms with Gasteiger partial charge in [0, 0.05) is 23.7 Å². The van der Waals surface area contributed by atoms with Gasteiger partial charge >= 0.3 is 0 Å². The molecule has 1 aliphatic heterocycles. The van der Waals surface area contributed by atoms with E-state index >= 15 is 0 Å². The van der Waals surface area contributed by atoms with E-state index in [0.29, 0.717) is 0 Å². The molecule has 0 N–H and O–H groups in total. The summed E-state index contributed by atoms with van der Waals surface area (Å²) in [4.78, 5) is 19.1. The molecule has 1 aromatic carbocycles. The molecule has 2 aromatic rings. The lowest BCUT2D eigenvalue weighted by atomic mass is 10.1. The largest absolute Gasteiger partial charge is 0.329 e. The van der Waals surface area contributed by atoms with Gasteiger partial charge in [0.2, 0.25) is 0 Å². The third kappa shape index (κ3) is 2.36. The first-order valence-corrected chi connectivity index (χ1v) is 7.82. The predicted molar refractivity (Wildman–Crippen MR) is 81.0 cm³/mol. The van der Waals surface area contributed by atoms with E-state index < -0.39 is 0 Å². The van der Waals surface area contributed by atoms with Gasteiger partial charge in [-0.3, -0.25) is 4.79 Å². The van der Waals surface area contributed by atoms with E-state index in [0.717, 1.165) is 30.0 Å². The number of aromatic nitrogens is 1. The normalized spacial score (nSPS) is 18.5. The zero-order valence-electron chi connectivity index (χ0n) is 11.8. The molecule has 0 radical (unpaired) electrons. The number of hydrogen-bond acceptors (Lipinski definition) is 3. The first-order chi connectivity index (χ1) is 9.66. The Morgan fingerprint density at radius 1 is 1.35 bits per heavy atom. The van der Waals surface area contributed by atoms with Gasteiger partial charge in [-0.15, -0.1) is 11.3 Å². The molecule has 0 saturated carbocycles. The SMILES string of the molecule is Cc1ccc(C(=O)N2CCCC2c2nccs2)cc1C. The fourth-order valence-electron chi connectivity index (χ4n) is 2.71. The number of benzene rings is 1. The Morgan fingerprint density at radius 3 is 2.90 bits per heavy atom. The highest BCUT2D eigenvalue weighted by atomic mass is 32.1. The maximum atomic E-state index is 12.7. The number of carbonyl (C=O) groups is 1. The second-order valence-electron chi connectivity index (χ2n) is 5.33. The minimum atomic E-state index is 0.130. The summed E-state index contributed by atoms with van der Waals surface area (Å²) >= 11 is 1.64. The third-order valence-electron chi connectivity index (χ3n) is 4.00. The Kier molecular flexibility index (Phi) is 3.57. The Balaban J connectivity index is 1.87. The number of thiazole rings is 1. The number of likely N-dealkylation sites (tertiary alicyclic amines) is 1. The minimum Gasteiger partial charge on any atom is -0.329 e. The van der Waals surface area contributed by atoms with Crippen molar-refractivity contribution in [2.24, 2.45) is 0 Å². The molecule has 1 atom stereocenters. The first-order valence-electron chi connectivity index (χ1n) is 6.94. The van der Waals surface area contributed by atoms with Crippen LogP contribution in [0.15, 0.2) is 29.8 Å². The molecule has 1 fully saturated rings. The Hall–Kier alpha value is -1.68. The van der Waals surface area contributed by atoms with Gasteiger partial charge in [-0.2, -0.15) is 0 Å². The summed E-state index contributed by atoms with van der Waals surface area (Å²) < 4.78 is 0. The average molecular weight is 286 g/mol. The molecule has 1 aromatic heterocycles. The van der Waals surface area contributed by atoms with Crippen LogP contribution in [0.3, 0.4) is 0 Å². The molecular formula is C16H18N2OS. The fraction of sp³-hybridized carbons (Fsp3) is 0.375. The smallest absolute Gasteiger partial charge is 0.254 e. The summed E-state index contributed by atoms with van der Waals surface area (Å²) in [5.74, 6) is 0.130. The summed E-state index contributed by atoms with van der Waals surface area (Å²) in [6.45, 7) is 4.95. The van der Waals surface area contributed by atoms with Gasteiger partial charge in [-0.05, 0) is 49.9 Å². The molecule has 4 heteroatoms. The van der Waals surface area contributed by atoms with Gasteiger partial charge in [0.15, 0.2) is 0 Å². The molecule has 1 aliphatic rings. The van der Waals surface area contributed by atoms with E-state index in [1.165, 1.54) is 11.1 Å². The number of rotatable bonds is 2. The monoisotopic (exact) mass is 286 g/mol. The molecular weight excluding hydrogens is 268 g/mol. The van der Waals surface area contributed by atoms with Crippen molar-refractivity contribution in [3.05, 3.63) is 51.5 Å². The number of nitrogens with zero attached hydrogens (tertiary/aromatic N) is 2. The van der Waals surface area contributed by atoms with Gasteiger partial charge < -0.3 is 4.90 Å². The van der Waals surface area contributed by atoms with E-state index in [2.05, 4.69) is 18.8 Å². The predicted octanol–water partition coefficient (Wildman–Crippen LogP) is 3.74. The quantitative estimate of drug-likeness (QED) is 0.842. The standard InChI is InChI=1S/C16H18N2OS/c1-11-5-6-13(10-12(11)2)16(19)18-8-3-4-14(18)15-17-7-9-20-15/h5-7,9-10,14H,3-4,8H2,1-2H3. The molecule has 1 saturated heterocycles. The fourth-order valence-corrected chi connectivity index (χ4v) is 3.49. The molecule has 2 heterocycles. The van der Waals surface area contributed by atoms with Crippen molar-refractivity contribution < 1.29 is 4.79 Å². The molecule has 0 aliphatic carbocycles. The van der Waals surface area contributed by atoms with Crippen molar-refractivity contribution in [2.45, 2.75) is 32.7 Å². The van der Waals surface area contributed by atoms with Crippen molar-refractivity contribution in [2.75, 3.05) is 6.54 Å². The van der Waals surface area contributed by atoms with Gasteiger partial charge in [0.05, 0.1) is 6.04 Å². The molecule has 0 spiro atoms. The second-order valence-corrected chi connectivity index (χ2v) is 6.25. The third-order valence-corrected chi connectivity index (χ3v) is 4.88. The topological polar surface area (TPSA) is 33.2 Å². The van der Waals surface area contributed by atoms with Crippen molar-refractivity contribution in [3.8, 4) is 0 Å². The second kappa shape index (κ2) is 5.37. The Morgan fingerprint density at radius 2 is 2.20 bits per heavy atom. The lowest BCUT2D eigenvalue weighted by Gasteiger charge is -2.23. The Bertz CT molecular complexity index is 621. The van der Waals surface area contributed by atoms with Gasteiger partial charge in [-0.1, -0.05) is 6.07 Å². The summed E-state index contributed by atoms with van der Waals surface area (Å²) in [5, 5.41) is 3.03. The van der Waals surface area contributed by atoms with Crippen LogP contribution in [0, 0.1) is 13.8 Å². The average Bonchev–Trinajstić information content (AvgIpc) is 3.10. The van der Waals surface area contributed by atoms with Crippen molar-refractivity contribution in [1.82, 2.24) is 9.88 Å². The molecule has 3 rings (SSSR count). The number of hydrogen-bond donors (Lipinski definition) is 0. The number of aryl methyl sites for hydroxylation is 2. The lowest BCUT2D eigenvalue weighted by Crippen LogP contribution is -2.30. The van der Waals surface area contributed by atoms with E-state index in [-0.39, 0.29) is 11.9 Å². The van der Waals surface area contributed by atoms with Crippen LogP contribution in [0.1, 0.15) is 45.4 Å². The summed E-state index contributed by atoms with van der Waals surface area (Å²) in [7, 11) is 0. The number of amides is 1. The lowest BCUT2D eigenvalue weighted by molar-refractivity contribution is 0.0735. The molecule has 1 unspecified atom stereocenters. The zero-order chi connectivity index (χ0) is 14.1. The van der Waals surface area contributed by atoms with Crippen molar-refractivity contribution in [3.63, 3.8) is 0 Å². The summed E-state index contributed by atoms with van der Waals surface area (Å²) in [6.07, 6.45) is 3.89. The van der Waals surface area contributed by atoms with Crippen LogP contribution >= 0.6 is 11.3 Å². The summed E-state index contributed by atoms with van der Waals surface area (Å²) in [6, 6.07) is 6.11. The van der Waals surface area contributed by atoms with E-state index in [1.807, 2.05) is 34.7 Å². The highest BCUT2D eigenvalue weighted by Gasteiger charge is 2.32. The highest BCUT2D eigenvalue weighted by molar-refractivity contribution is 7.09. The van der Waals surface area contributed by atoms with E-state index in [1.54, 1.807) is 11.3 Å². The number of carbonyl (C=O) groups excluding carboxylic acids is 1. The maximum Gasteiger partial charge on any atom is 0.254 e. The van der Waals surface area contributed by atoms with Crippen LogP contribution in [-0.4, -0.2) is 22.3 Å². The van der Waals surface area contributed by atoms with Crippen LogP contribution < -0.4 is 0 Å². The van der Waals surface area contributed by atoms with E-state index in [4.69, 9.17) is 0 Å². The van der Waals surface area contributed by atoms with Crippen molar-refractivity contribution in [1.29, 1.82) is 0 Å². The summed E-state index contributed by atoms with van der Waals surface area (Å²) in [5.41, 5.74) is 3.18. The molecule has 20 heavy (non-hydrogen) atoms. The van der Waals surface area contributed by atoms with Gasteiger partial charge in [0.1, 0.15) is 5.01 Å². The van der Waals surface area contributed by atoms with Crippen LogP contribution in [0.5, 0.6) is 0 Å². The van der Waals surface area contributed by atoms with Crippen molar-refractivity contribution >= 4 is 17.2 Å². The Labute approximate surface area is 123 Å². The minimum absolute atomic E-state index is 0.130. The maximum absolute atomic E-state index is 12.7. The molecule has 1 amide bonds.